The number of aliphatic carboxylic acids is 1. The van der Waals surface area contributed by atoms with E-state index < -0.39 is 5.97 Å². The van der Waals surface area contributed by atoms with Crippen molar-refractivity contribution < 1.29 is 9.90 Å². The fourth-order valence-corrected chi connectivity index (χ4v) is 2.41. The Bertz CT molecular complexity index is 421. The molecule has 0 aliphatic carbocycles. The van der Waals surface area contributed by atoms with Crippen LogP contribution in [0.25, 0.3) is 0 Å². The Morgan fingerprint density at radius 2 is 2.28 bits per heavy atom. The van der Waals surface area contributed by atoms with Gasteiger partial charge in [0.15, 0.2) is 0 Å². The molecule has 0 amide bonds. The monoisotopic (exact) mass is 268 g/mol. The second-order valence-electron chi connectivity index (χ2n) is 5.25. The molecular weight excluding hydrogens is 248 g/mol. The normalized spacial score (nSPS) is 11.8. The Kier molecular flexibility index (Phi) is 5.04. The number of hydrogen-bond acceptors (Lipinski definition) is 4. The zero-order valence-corrected chi connectivity index (χ0v) is 12.0. The van der Waals surface area contributed by atoms with E-state index in [1.54, 1.807) is 22.3 Å². The first-order valence-electron chi connectivity index (χ1n) is 5.83. The molecule has 0 bridgehead atoms. The Morgan fingerprint density at radius 3 is 2.72 bits per heavy atom. The fraction of sp³-hybridized carbons (Fsp3) is 0.538. The molecule has 1 heterocycles. The number of carboxylic acid groups (broad SMARTS) is 1. The average Bonchev–Trinajstić information content (AvgIpc) is 2.64. The molecule has 100 valence electrons. The largest absolute Gasteiger partial charge is 0.480 e. The SMILES string of the molecule is C=CCN(CC(=O)O)Cc1csc(C(C)(C)C)n1. The maximum absolute atomic E-state index is 10.7. The quantitative estimate of drug-likeness (QED) is 0.805. The summed E-state index contributed by atoms with van der Waals surface area (Å²) in [4.78, 5) is 17.1. The molecule has 0 radical (unpaired) electrons. The van der Waals surface area contributed by atoms with Crippen molar-refractivity contribution in [3.05, 3.63) is 28.7 Å². The van der Waals surface area contributed by atoms with Gasteiger partial charge in [-0.3, -0.25) is 9.69 Å². The molecule has 18 heavy (non-hydrogen) atoms. The predicted octanol–water partition coefficient (Wildman–Crippen LogP) is 2.51. The van der Waals surface area contributed by atoms with E-state index >= 15 is 0 Å². The van der Waals surface area contributed by atoms with Gasteiger partial charge in [-0.25, -0.2) is 4.98 Å². The van der Waals surface area contributed by atoms with Crippen LogP contribution in [0.5, 0.6) is 0 Å². The summed E-state index contributed by atoms with van der Waals surface area (Å²) in [6, 6.07) is 0. The molecule has 0 saturated heterocycles. The molecule has 0 aliphatic rings. The Morgan fingerprint density at radius 1 is 1.61 bits per heavy atom. The topological polar surface area (TPSA) is 53.4 Å². The third kappa shape index (κ3) is 4.58. The van der Waals surface area contributed by atoms with E-state index in [1.807, 2.05) is 5.38 Å². The highest BCUT2D eigenvalue weighted by Crippen LogP contribution is 2.25. The minimum absolute atomic E-state index is 0.00833. The lowest BCUT2D eigenvalue weighted by Crippen LogP contribution is -2.29. The van der Waals surface area contributed by atoms with Gasteiger partial charge >= 0.3 is 5.97 Å². The van der Waals surface area contributed by atoms with Crippen molar-refractivity contribution in [2.24, 2.45) is 0 Å². The van der Waals surface area contributed by atoms with Crippen LogP contribution in [0.15, 0.2) is 18.0 Å². The highest BCUT2D eigenvalue weighted by Gasteiger charge is 2.19. The minimum atomic E-state index is -0.830. The molecule has 0 spiro atoms. The van der Waals surface area contributed by atoms with Crippen molar-refractivity contribution in [3.8, 4) is 0 Å². The smallest absolute Gasteiger partial charge is 0.317 e. The van der Waals surface area contributed by atoms with Crippen molar-refractivity contribution in [2.75, 3.05) is 13.1 Å². The van der Waals surface area contributed by atoms with Crippen LogP contribution in [0, 0.1) is 0 Å². The number of carbonyl (C=O) groups is 1. The molecule has 0 unspecified atom stereocenters. The second-order valence-corrected chi connectivity index (χ2v) is 6.10. The third-order valence-corrected chi connectivity index (χ3v) is 3.64. The first kappa shape index (κ1) is 14.9. The van der Waals surface area contributed by atoms with Crippen LogP contribution in [0.2, 0.25) is 0 Å². The van der Waals surface area contributed by atoms with Crippen LogP contribution < -0.4 is 0 Å². The molecule has 0 aromatic carbocycles. The summed E-state index contributed by atoms with van der Waals surface area (Å²) in [6.45, 7) is 11.1. The van der Waals surface area contributed by atoms with Gasteiger partial charge in [-0.1, -0.05) is 26.8 Å². The molecule has 4 nitrogen and oxygen atoms in total. The fourth-order valence-electron chi connectivity index (χ4n) is 1.51. The van der Waals surface area contributed by atoms with E-state index in [1.165, 1.54) is 0 Å². The molecule has 1 aromatic heterocycles. The van der Waals surface area contributed by atoms with E-state index in [4.69, 9.17) is 5.11 Å². The van der Waals surface area contributed by atoms with Gasteiger partial charge in [0.25, 0.3) is 0 Å². The zero-order chi connectivity index (χ0) is 13.8. The van der Waals surface area contributed by atoms with E-state index in [0.29, 0.717) is 13.1 Å². The first-order valence-corrected chi connectivity index (χ1v) is 6.71. The molecule has 5 heteroatoms. The lowest BCUT2D eigenvalue weighted by atomic mass is 9.98. The molecule has 1 aromatic rings. The van der Waals surface area contributed by atoms with E-state index in [-0.39, 0.29) is 12.0 Å². The molecule has 0 saturated carbocycles. The van der Waals surface area contributed by atoms with Gasteiger partial charge in [0.05, 0.1) is 17.2 Å². The molecule has 0 fully saturated rings. The summed E-state index contributed by atoms with van der Waals surface area (Å²) in [5, 5.41) is 11.9. The second kappa shape index (κ2) is 6.11. The van der Waals surface area contributed by atoms with Crippen molar-refractivity contribution >= 4 is 17.3 Å². The standard InChI is InChI=1S/C13H20N2O2S/c1-5-6-15(8-11(16)17)7-10-9-18-12(14-10)13(2,3)4/h5,9H,1,6-8H2,2-4H3,(H,16,17). The summed E-state index contributed by atoms with van der Waals surface area (Å²) in [7, 11) is 0. The summed E-state index contributed by atoms with van der Waals surface area (Å²) in [5.74, 6) is -0.830. The summed E-state index contributed by atoms with van der Waals surface area (Å²) in [6.07, 6.45) is 1.71. The zero-order valence-electron chi connectivity index (χ0n) is 11.1. The van der Waals surface area contributed by atoms with Gasteiger partial charge in [0.1, 0.15) is 0 Å². The first-order chi connectivity index (χ1) is 8.32. The van der Waals surface area contributed by atoms with Crippen molar-refractivity contribution in [2.45, 2.75) is 32.7 Å². The van der Waals surface area contributed by atoms with Gasteiger partial charge < -0.3 is 5.11 Å². The van der Waals surface area contributed by atoms with Gasteiger partial charge in [0, 0.05) is 23.9 Å². The maximum atomic E-state index is 10.7. The summed E-state index contributed by atoms with van der Waals surface area (Å²) in [5.41, 5.74) is 0.965. The number of carboxylic acids is 1. The van der Waals surface area contributed by atoms with Crippen molar-refractivity contribution in [1.82, 2.24) is 9.88 Å². The van der Waals surface area contributed by atoms with Crippen LogP contribution in [-0.2, 0) is 16.8 Å². The van der Waals surface area contributed by atoms with E-state index in [2.05, 4.69) is 32.3 Å². The van der Waals surface area contributed by atoms with Crippen LogP contribution in [0.1, 0.15) is 31.5 Å². The van der Waals surface area contributed by atoms with Crippen LogP contribution in [0.4, 0.5) is 0 Å². The number of hydrogen-bond donors (Lipinski definition) is 1. The molecular formula is C13H20N2O2S. The number of nitrogens with zero attached hydrogens (tertiary/aromatic N) is 2. The average molecular weight is 268 g/mol. The number of thiazole rings is 1. The van der Waals surface area contributed by atoms with Crippen molar-refractivity contribution in [1.29, 1.82) is 0 Å². The molecule has 1 rings (SSSR count). The molecule has 0 aliphatic heterocycles. The molecule has 1 N–H and O–H groups in total. The number of rotatable bonds is 6. The highest BCUT2D eigenvalue weighted by molar-refractivity contribution is 7.09. The Balaban J connectivity index is 2.72. The maximum Gasteiger partial charge on any atom is 0.317 e. The Labute approximate surface area is 112 Å². The molecule has 0 atom stereocenters. The third-order valence-electron chi connectivity index (χ3n) is 2.33. The van der Waals surface area contributed by atoms with Gasteiger partial charge in [0.2, 0.25) is 0 Å². The van der Waals surface area contributed by atoms with Gasteiger partial charge in [-0.15, -0.1) is 17.9 Å². The highest BCUT2D eigenvalue weighted by atomic mass is 32.1. The number of aromatic nitrogens is 1. The lowest BCUT2D eigenvalue weighted by molar-refractivity contribution is -0.138. The lowest BCUT2D eigenvalue weighted by Gasteiger charge is -2.17. The van der Waals surface area contributed by atoms with E-state index in [0.717, 1.165) is 10.7 Å². The van der Waals surface area contributed by atoms with Crippen LogP contribution in [0.3, 0.4) is 0 Å². The summed E-state index contributed by atoms with van der Waals surface area (Å²) >= 11 is 1.62. The van der Waals surface area contributed by atoms with Crippen LogP contribution in [-0.4, -0.2) is 34.0 Å². The van der Waals surface area contributed by atoms with E-state index in [9.17, 15) is 4.79 Å². The van der Waals surface area contributed by atoms with Crippen molar-refractivity contribution in [3.63, 3.8) is 0 Å². The minimum Gasteiger partial charge on any atom is -0.480 e. The predicted molar refractivity (Wildman–Crippen MR) is 73.9 cm³/mol. The Hall–Kier alpha value is -1.20. The van der Waals surface area contributed by atoms with Gasteiger partial charge in [-0.05, 0) is 0 Å². The van der Waals surface area contributed by atoms with Gasteiger partial charge in [-0.2, -0.15) is 0 Å². The van der Waals surface area contributed by atoms with Crippen LogP contribution >= 0.6 is 11.3 Å². The summed E-state index contributed by atoms with van der Waals surface area (Å²) < 4.78 is 0.